The summed E-state index contributed by atoms with van der Waals surface area (Å²) in [4.78, 5) is 24.8. The van der Waals surface area contributed by atoms with E-state index in [1.54, 1.807) is 6.07 Å². The molecule has 6 heteroatoms. The van der Waals surface area contributed by atoms with Crippen molar-refractivity contribution in [2.75, 3.05) is 23.3 Å². The number of piperidine rings is 1. The minimum Gasteiger partial charge on any atom is -0.372 e. The summed E-state index contributed by atoms with van der Waals surface area (Å²) in [5, 5.41) is 4.26. The molecule has 1 saturated heterocycles. The second kappa shape index (κ2) is 10.00. The molecular weight excluding hydrogens is 434 g/mol. The summed E-state index contributed by atoms with van der Waals surface area (Å²) in [5.41, 5.74) is 3.35. The summed E-state index contributed by atoms with van der Waals surface area (Å²) in [6, 6.07) is 12.2. The van der Waals surface area contributed by atoms with Crippen molar-refractivity contribution in [2.45, 2.75) is 78.2 Å². The highest BCUT2D eigenvalue weighted by Crippen LogP contribution is 2.43. The first-order chi connectivity index (χ1) is 16.9. The third-order valence-corrected chi connectivity index (χ3v) is 8.59. The molecule has 0 bridgehead atoms. The van der Waals surface area contributed by atoms with Gasteiger partial charge in [-0.25, -0.2) is 4.98 Å². The van der Waals surface area contributed by atoms with Crippen molar-refractivity contribution in [3.8, 4) is 0 Å². The van der Waals surface area contributed by atoms with Crippen LogP contribution in [0.2, 0.25) is 0 Å². The number of anilines is 3. The van der Waals surface area contributed by atoms with E-state index in [1.165, 1.54) is 31.4 Å². The van der Waals surface area contributed by atoms with Crippen LogP contribution in [-0.4, -0.2) is 27.6 Å². The first kappa shape index (κ1) is 23.8. The van der Waals surface area contributed by atoms with Crippen LogP contribution in [-0.2, 0) is 0 Å². The molecule has 2 aliphatic rings. The van der Waals surface area contributed by atoms with Crippen LogP contribution in [0.15, 0.2) is 47.4 Å². The topological polar surface area (TPSA) is 63.1 Å². The van der Waals surface area contributed by atoms with Crippen molar-refractivity contribution >= 4 is 28.4 Å². The van der Waals surface area contributed by atoms with Gasteiger partial charge in [-0.05, 0) is 86.6 Å². The van der Waals surface area contributed by atoms with Crippen molar-refractivity contribution < 1.29 is 0 Å². The number of hydrogen-bond donors (Lipinski definition) is 1. The molecule has 2 aromatic heterocycles. The van der Waals surface area contributed by atoms with Crippen LogP contribution >= 0.6 is 0 Å². The molecule has 3 aromatic rings. The normalized spacial score (nSPS) is 21.3. The molecule has 1 saturated carbocycles. The summed E-state index contributed by atoms with van der Waals surface area (Å²) >= 11 is 0. The highest BCUT2D eigenvalue weighted by Gasteiger charge is 2.33. The number of aromatic nitrogens is 3. The number of benzene rings is 1. The number of hydrogen-bond acceptors (Lipinski definition) is 5. The number of nitrogens with one attached hydrogen (secondary N) is 1. The Morgan fingerprint density at radius 3 is 2.37 bits per heavy atom. The third-order valence-electron chi connectivity index (χ3n) is 8.59. The van der Waals surface area contributed by atoms with E-state index < -0.39 is 0 Å². The summed E-state index contributed by atoms with van der Waals surface area (Å²) in [6.07, 6.45) is 11.3. The maximum Gasteiger partial charge on any atom is 0.252 e. The number of nitrogens with zero attached hydrogens (tertiary/aromatic N) is 4. The first-order valence-electron chi connectivity index (χ1n) is 13.4. The van der Waals surface area contributed by atoms with Crippen LogP contribution < -0.4 is 15.8 Å². The summed E-state index contributed by atoms with van der Waals surface area (Å²) in [6.45, 7) is 9.32. The predicted molar refractivity (Wildman–Crippen MR) is 145 cm³/mol. The van der Waals surface area contributed by atoms with Crippen LogP contribution in [0.5, 0.6) is 0 Å². The maximum absolute atomic E-state index is 13.0. The zero-order valence-electron chi connectivity index (χ0n) is 21.5. The van der Waals surface area contributed by atoms with E-state index in [4.69, 9.17) is 4.98 Å². The fraction of sp³-hybridized carbons (Fsp3) is 0.552. The Morgan fingerprint density at radius 1 is 0.971 bits per heavy atom. The quantitative estimate of drug-likeness (QED) is 0.432. The van der Waals surface area contributed by atoms with E-state index in [0.29, 0.717) is 17.3 Å². The molecule has 3 heterocycles. The average molecular weight is 474 g/mol. The average Bonchev–Trinajstić information content (AvgIpc) is 2.89. The lowest BCUT2D eigenvalue weighted by atomic mass is 9.69. The summed E-state index contributed by atoms with van der Waals surface area (Å²) < 4.78 is 1.93. The van der Waals surface area contributed by atoms with Gasteiger partial charge in [0.05, 0.1) is 0 Å². The Hall–Kier alpha value is -2.89. The monoisotopic (exact) mass is 473 g/mol. The van der Waals surface area contributed by atoms with E-state index in [2.05, 4.69) is 60.2 Å². The summed E-state index contributed by atoms with van der Waals surface area (Å²) in [7, 11) is 0. The van der Waals surface area contributed by atoms with E-state index in [0.717, 1.165) is 55.5 Å². The van der Waals surface area contributed by atoms with Gasteiger partial charge in [0.2, 0.25) is 5.95 Å². The standard InChI is InChI=1S/C29H39N5O/c1-4-29(2,3)22-9-13-25(14-10-22)34-26(35)17-8-21-20-30-28(32-27(21)34)31-23-11-15-24(16-12-23)33-18-6-5-7-19-33/h8,11-12,15-17,20,22,25H,4-7,9-10,13-14,18-19H2,1-3H3,(H,30,31,32). The molecule has 0 spiro atoms. The number of rotatable bonds is 6. The molecule has 5 rings (SSSR count). The smallest absolute Gasteiger partial charge is 0.252 e. The van der Waals surface area contributed by atoms with Gasteiger partial charge in [0.1, 0.15) is 5.65 Å². The molecular formula is C29H39N5O. The van der Waals surface area contributed by atoms with Crippen molar-refractivity contribution in [3.63, 3.8) is 0 Å². The van der Waals surface area contributed by atoms with Gasteiger partial charge in [-0.15, -0.1) is 0 Å². The minimum atomic E-state index is 0.0336. The van der Waals surface area contributed by atoms with Crippen LogP contribution in [0.25, 0.3) is 11.0 Å². The van der Waals surface area contributed by atoms with Gasteiger partial charge < -0.3 is 10.2 Å². The molecule has 0 atom stereocenters. The van der Waals surface area contributed by atoms with Gasteiger partial charge in [0, 0.05) is 48.2 Å². The summed E-state index contributed by atoms with van der Waals surface area (Å²) in [5.74, 6) is 1.25. The van der Waals surface area contributed by atoms with E-state index >= 15 is 0 Å². The van der Waals surface area contributed by atoms with Crippen molar-refractivity contribution in [2.24, 2.45) is 11.3 Å². The zero-order valence-corrected chi connectivity index (χ0v) is 21.5. The second-order valence-corrected chi connectivity index (χ2v) is 11.1. The largest absolute Gasteiger partial charge is 0.372 e. The lowest BCUT2D eigenvalue weighted by molar-refractivity contribution is 0.130. The van der Waals surface area contributed by atoms with E-state index in [1.807, 2.05) is 16.8 Å². The highest BCUT2D eigenvalue weighted by molar-refractivity contribution is 5.76. The van der Waals surface area contributed by atoms with Crippen LogP contribution in [0.3, 0.4) is 0 Å². The van der Waals surface area contributed by atoms with Crippen molar-refractivity contribution in [1.82, 2.24) is 14.5 Å². The van der Waals surface area contributed by atoms with Crippen molar-refractivity contribution in [3.05, 3.63) is 52.9 Å². The number of fused-ring (bicyclic) bond motifs is 1. The van der Waals surface area contributed by atoms with Gasteiger partial charge in [-0.3, -0.25) is 9.36 Å². The van der Waals surface area contributed by atoms with E-state index in [9.17, 15) is 4.79 Å². The van der Waals surface area contributed by atoms with E-state index in [-0.39, 0.29) is 11.6 Å². The molecule has 0 amide bonds. The lowest BCUT2D eigenvalue weighted by Crippen LogP contribution is -2.32. The Balaban J connectivity index is 1.36. The van der Waals surface area contributed by atoms with Gasteiger partial charge in [-0.2, -0.15) is 4.98 Å². The van der Waals surface area contributed by atoms with Gasteiger partial charge in [-0.1, -0.05) is 27.2 Å². The Kier molecular flexibility index (Phi) is 6.81. The molecule has 1 aliphatic heterocycles. The zero-order chi connectivity index (χ0) is 24.4. The maximum atomic E-state index is 13.0. The molecule has 186 valence electrons. The molecule has 35 heavy (non-hydrogen) atoms. The van der Waals surface area contributed by atoms with Crippen LogP contribution in [0.4, 0.5) is 17.3 Å². The van der Waals surface area contributed by atoms with Gasteiger partial charge in [0.25, 0.3) is 5.56 Å². The fourth-order valence-corrected chi connectivity index (χ4v) is 5.89. The number of pyridine rings is 1. The molecule has 1 aromatic carbocycles. The minimum absolute atomic E-state index is 0.0336. The SMILES string of the molecule is CCC(C)(C)C1CCC(n2c(=O)ccc3cnc(Nc4ccc(N5CCCCC5)cc4)nc32)CC1. The van der Waals surface area contributed by atoms with Gasteiger partial charge in [0.15, 0.2) is 0 Å². The first-order valence-corrected chi connectivity index (χ1v) is 13.4. The molecule has 6 nitrogen and oxygen atoms in total. The second-order valence-electron chi connectivity index (χ2n) is 11.1. The lowest BCUT2D eigenvalue weighted by Gasteiger charge is -2.39. The van der Waals surface area contributed by atoms with Crippen molar-refractivity contribution in [1.29, 1.82) is 0 Å². The molecule has 1 aliphatic carbocycles. The Morgan fingerprint density at radius 2 is 1.69 bits per heavy atom. The molecule has 1 N–H and O–H groups in total. The molecule has 0 unspecified atom stereocenters. The van der Waals surface area contributed by atoms with Crippen LogP contribution in [0.1, 0.15) is 78.2 Å². The fourth-order valence-electron chi connectivity index (χ4n) is 5.89. The molecule has 0 radical (unpaired) electrons. The Labute approximate surface area is 208 Å². The third kappa shape index (κ3) is 5.07. The highest BCUT2D eigenvalue weighted by atomic mass is 16.1. The predicted octanol–water partition coefficient (Wildman–Crippen LogP) is 6.69. The Bertz CT molecular complexity index is 1200. The molecule has 2 fully saturated rings. The van der Waals surface area contributed by atoms with Crippen LogP contribution in [0, 0.1) is 11.3 Å². The van der Waals surface area contributed by atoms with Gasteiger partial charge >= 0.3 is 0 Å².